The van der Waals surface area contributed by atoms with Crippen molar-refractivity contribution in [1.29, 1.82) is 0 Å². The third-order valence-electron chi connectivity index (χ3n) is 12.3. The van der Waals surface area contributed by atoms with Gasteiger partial charge in [0, 0.05) is 12.8 Å². The summed E-state index contributed by atoms with van der Waals surface area (Å²) in [6, 6.07) is 0. The van der Waals surface area contributed by atoms with Gasteiger partial charge in [0.05, 0.1) is 19.8 Å². The van der Waals surface area contributed by atoms with Crippen LogP contribution in [0.4, 0.5) is 0 Å². The molecule has 7 N–H and O–H groups in total. The van der Waals surface area contributed by atoms with Crippen LogP contribution in [0.3, 0.4) is 0 Å². The lowest BCUT2D eigenvalue weighted by molar-refractivity contribution is -0.332. The van der Waals surface area contributed by atoms with E-state index in [4.69, 9.17) is 28.4 Å². The van der Waals surface area contributed by atoms with Gasteiger partial charge in [0.25, 0.3) is 0 Å². The van der Waals surface area contributed by atoms with Crippen molar-refractivity contribution in [3.05, 3.63) is 36.5 Å². The van der Waals surface area contributed by atoms with Crippen molar-refractivity contribution in [2.75, 3.05) is 26.4 Å². The first-order chi connectivity index (χ1) is 32.5. The van der Waals surface area contributed by atoms with Crippen LogP contribution >= 0.6 is 0 Å². The van der Waals surface area contributed by atoms with Crippen LogP contribution in [0.25, 0.3) is 0 Å². The third kappa shape index (κ3) is 27.6. The summed E-state index contributed by atoms with van der Waals surface area (Å²) in [5, 5.41) is 72.1. The van der Waals surface area contributed by atoms with Crippen molar-refractivity contribution in [1.82, 2.24) is 0 Å². The standard InChI is InChI=1S/C52H92O15/c1-3-5-7-9-11-13-15-17-19-20-21-23-25-27-29-31-33-35-44(55)65-40(37-62-43(54)34-32-30-28-26-24-22-18-16-14-12-10-8-6-4-2)38-63-51-50(61)48(59)46(57)42(67-51)39-64-52-49(60)47(58)45(56)41(36-53)66-52/h16,18,21,23,27,29,40-42,45-53,56-61H,3-15,17,19-20,22,24-26,28,30-39H2,1-2H3/b18-16+,23-21+,29-27+/t40-,41+,42+,45-,46-,47?,48?,49?,50?,51+,52+/m1/s1. The highest BCUT2D eigenvalue weighted by atomic mass is 16.7. The zero-order valence-corrected chi connectivity index (χ0v) is 41.1. The first kappa shape index (κ1) is 60.8. The molecule has 0 radical (unpaired) electrons. The van der Waals surface area contributed by atoms with Gasteiger partial charge in [0.1, 0.15) is 55.4 Å². The average molecular weight is 957 g/mol. The van der Waals surface area contributed by atoms with E-state index < -0.39 is 99.3 Å². The van der Waals surface area contributed by atoms with Crippen LogP contribution in [0.2, 0.25) is 0 Å². The van der Waals surface area contributed by atoms with Gasteiger partial charge in [-0.25, -0.2) is 0 Å². The van der Waals surface area contributed by atoms with Crippen molar-refractivity contribution >= 4 is 11.9 Å². The predicted molar refractivity (Wildman–Crippen MR) is 257 cm³/mol. The molecule has 0 amide bonds. The van der Waals surface area contributed by atoms with Crippen molar-refractivity contribution in [2.45, 2.75) is 255 Å². The van der Waals surface area contributed by atoms with E-state index in [0.717, 1.165) is 51.4 Å². The summed E-state index contributed by atoms with van der Waals surface area (Å²) in [6.45, 7) is 2.53. The van der Waals surface area contributed by atoms with Crippen LogP contribution in [0.5, 0.6) is 0 Å². The second kappa shape index (κ2) is 39.4. The van der Waals surface area contributed by atoms with E-state index in [-0.39, 0.29) is 19.4 Å². The minimum Gasteiger partial charge on any atom is -0.462 e. The Bertz CT molecular complexity index is 1310. The fourth-order valence-corrected chi connectivity index (χ4v) is 8.02. The molecule has 2 aliphatic heterocycles. The molecule has 4 unspecified atom stereocenters. The van der Waals surface area contributed by atoms with Crippen molar-refractivity contribution in [2.24, 2.45) is 0 Å². The quantitative estimate of drug-likeness (QED) is 0.0181. The lowest BCUT2D eigenvalue weighted by Gasteiger charge is -2.42. The van der Waals surface area contributed by atoms with E-state index in [9.17, 15) is 45.3 Å². The molecule has 0 saturated carbocycles. The first-order valence-corrected chi connectivity index (χ1v) is 26.1. The summed E-state index contributed by atoms with van der Waals surface area (Å²) < 4.78 is 33.5. The van der Waals surface area contributed by atoms with Gasteiger partial charge in [0.15, 0.2) is 18.7 Å². The van der Waals surface area contributed by atoms with Crippen molar-refractivity contribution in [3.8, 4) is 0 Å². The monoisotopic (exact) mass is 957 g/mol. The molecule has 0 aliphatic carbocycles. The Hall–Kier alpha value is -2.28. The average Bonchev–Trinajstić information content (AvgIpc) is 3.32. The highest BCUT2D eigenvalue weighted by Crippen LogP contribution is 2.26. The molecule has 0 aromatic rings. The number of carbonyl (C=O) groups excluding carboxylic acids is 2. The Kier molecular flexibility index (Phi) is 35.8. The summed E-state index contributed by atoms with van der Waals surface area (Å²) >= 11 is 0. The van der Waals surface area contributed by atoms with Crippen LogP contribution in [0.1, 0.15) is 187 Å². The first-order valence-electron chi connectivity index (χ1n) is 26.1. The Morgan fingerprint density at radius 1 is 0.478 bits per heavy atom. The zero-order valence-electron chi connectivity index (χ0n) is 41.1. The molecule has 15 heteroatoms. The number of ether oxygens (including phenoxy) is 6. The molecule has 2 saturated heterocycles. The van der Waals surface area contributed by atoms with E-state index in [1.54, 1.807) is 0 Å². The van der Waals surface area contributed by atoms with Gasteiger partial charge in [-0.2, -0.15) is 0 Å². The number of aliphatic hydroxyl groups is 7. The van der Waals surface area contributed by atoms with Crippen LogP contribution in [0.15, 0.2) is 36.5 Å². The maximum absolute atomic E-state index is 13.0. The van der Waals surface area contributed by atoms with Crippen molar-refractivity contribution in [3.63, 3.8) is 0 Å². The van der Waals surface area contributed by atoms with Gasteiger partial charge in [-0.3, -0.25) is 9.59 Å². The normalized spacial score (nSPS) is 26.2. The fraction of sp³-hybridized carbons (Fsp3) is 0.846. The minimum absolute atomic E-state index is 0.100. The molecule has 0 aromatic carbocycles. The molecule has 67 heavy (non-hydrogen) atoms. The lowest BCUT2D eigenvalue weighted by atomic mass is 9.98. The highest BCUT2D eigenvalue weighted by Gasteiger charge is 2.47. The number of hydrogen-bond acceptors (Lipinski definition) is 15. The molecule has 2 aliphatic rings. The van der Waals surface area contributed by atoms with E-state index in [1.165, 1.54) is 89.9 Å². The van der Waals surface area contributed by atoms with E-state index >= 15 is 0 Å². The second-order valence-corrected chi connectivity index (χ2v) is 18.3. The molecule has 2 heterocycles. The smallest absolute Gasteiger partial charge is 0.306 e. The number of allylic oxidation sites excluding steroid dienone is 6. The van der Waals surface area contributed by atoms with Crippen LogP contribution in [-0.2, 0) is 38.0 Å². The second-order valence-electron chi connectivity index (χ2n) is 18.3. The summed E-state index contributed by atoms with van der Waals surface area (Å²) in [6.07, 6.45) is 24.7. The number of unbranched alkanes of at least 4 members (excludes halogenated alkanes) is 20. The van der Waals surface area contributed by atoms with Gasteiger partial charge >= 0.3 is 11.9 Å². The number of rotatable bonds is 40. The Labute approximate surface area is 402 Å². The Balaban J connectivity index is 1.83. The Morgan fingerprint density at radius 2 is 0.910 bits per heavy atom. The molecule has 15 nitrogen and oxygen atoms in total. The number of aliphatic hydroxyl groups excluding tert-OH is 7. The van der Waals surface area contributed by atoms with Gasteiger partial charge in [-0.05, 0) is 64.2 Å². The molecule has 2 rings (SSSR count). The van der Waals surface area contributed by atoms with Gasteiger partial charge in [-0.1, -0.05) is 147 Å². The summed E-state index contributed by atoms with van der Waals surface area (Å²) in [4.78, 5) is 25.7. The Morgan fingerprint density at radius 3 is 1.45 bits per heavy atom. The number of carbonyl (C=O) groups is 2. The van der Waals surface area contributed by atoms with Crippen LogP contribution < -0.4 is 0 Å². The third-order valence-corrected chi connectivity index (χ3v) is 12.3. The molecule has 0 aromatic heterocycles. The minimum atomic E-state index is -1.77. The number of hydrogen-bond donors (Lipinski definition) is 7. The fourth-order valence-electron chi connectivity index (χ4n) is 8.02. The van der Waals surface area contributed by atoms with Gasteiger partial charge < -0.3 is 64.2 Å². The molecular formula is C52H92O15. The highest BCUT2D eigenvalue weighted by molar-refractivity contribution is 5.70. The largest absolute Gasteiger partial charge is 0.462 e. The molecule has 11 atom stereocenters. The van der Waals surface area contributed by atoms with E-state index in [2.05, 4.69) is 44.2 Å². The van der Waals surface area contributed by atoms with E-state index in [1.807, 2.05) is 6.08 Å². The summed E-state index contributed by atoms with van der Waals surface area (Å²) in [5.41, 5.74) is 0. The maximum atomic E-state index is 13.0. The van der Waals surface area contributed by atoms with Crippen molar-refractivity contribution < 1.29 is 73.8 Å². The molecular weight excluding hydrogens is 865 g/mol. The van der Waals surface area contributed by atoms with Gasteiger partial charge in [0.2, 0.25) is 0 Å². The van der Waals surface area contributed by atoms with Crippen LogP contribution in [-0.4, -0.2) is 142 Å². The maximum Gasteiger partial charge on any atom is 0.306 e. The summed E-state index contributed by atoms with van der Waals surface area (Å²) in [7, 11) is 0. The topological polar surface area (TPSA) is 231 Å². The SMILES string of the molecule is CCCCCCC/C=C/CCCCCCCC(=O)OC[C@H](CO[C@H]1O[C@@H](CO[C@H]2O[C@@H](CO)[C@@H](O)C(O)C2O)[C@@H](O)C(O)C1O)OC(=O)CCC/C=C/C/C=C/CCCCCCCCCCC. The predicted octanol–water partition coefficient (Wildman–Crippen LogP) is 7.32. The molecule has 390 valence electrons. The number of esters is 2. The van der Waals surface area contributed by atoms with Crippen LogP contribution in [0, 0.1) is 0 Å². The molecule has 0 bridgehead atoms. The lowest BCUT2D eigenvalue weighted by Crippen LogP contribution is -2.61. The molecule has 2 fully saturated rings. The molecule has 0 spiro atoms. The summed E-state index contributed by atoms with van der Waals surface area (Å²) in [5.74, 6) is -0.986. The van der Waals surface area contributed by atoms with E-state index in [0.29, 0.717) is 19.3 Å². The zero-order chi connectivity index (χ0) is 48.9. The van der Waals surface area contributed by atoms with Gasteiger partial charge in [-0.15, -0.1) is 0 Å².